The van der Waals surface area contributed by atoms with Gasteiger partial charge in [-0.15, -0.1) is 24.0 Å². The summed E-state index contributed by atoms with van der Waals surface area (Å²) in [6.07, 6.45) is 5.33. The van der Waals surface area contributed by atoms with Crippen LogP contribution in [0.1, 0.15) is 31.7 Å². The highest BCUT2D eigenvalue weighted by molar-refractivity contribution is 14.0. The van der Waals surface area contributed by atoms with Crippen LogP contribution in [0, 0.1) is 0 Å². The zero-order valence-electron chi connectivity index (χ0n) is 17.1. The number of piperazine rings is 1. The van der Waals surface area contributed by atoms with E-state index in [1.165, 1.54) is 44.7 Å². The molecule has 0 spiro atoms. The first kappa shape index (κ1) is 22.4. The summed E-state index contributed by atoms with van der Waals surface area (Å²) in [5, 5.41) is 7.81. The highest BCUT2D eigenvalue weighted by Gasteiger charge is 2.27. The maximum Gasteiger partial charge on any atom is 0.193 e. The van der Waals surface area contributed by atoms with Crippen molar-refractivity contribution in [1.29, 1.82) is 0 Å². The van der Waals surface area contributed by atoms with Crippen LogP contribution in [0.4, 0.5) is 0 Å². The monoisotopic (exact) mass is 489 g/mol. The van der Waals surface area contributed by atoms with Gasteiger partial charge in [0.1, 0.15) is 0 Å². The van der Waals surface area contributed by atoms with Crippen molar-refractivity contribution >= 4 is 29.9 Å². The molecular formula is C19H36IN7. The Bertz CT molecular complexity index is 580. The lowest BCUT2D eigenvalue weighted by atomic mass is 10.0. The van der Waals surface area contributed by atoms with Gasteiger partial charge in [0.05, 0.1) is 12.7 Å². The molecule has 2 aliphatic heterocycles. The second kappa shape index (κ2) is 11.2. The van der Waals surface area contributed by atoms with Gasteiger partial charge < -0.3 is 15.1 Å². The number of likely N-dealkylation sites (N-methyl/N-ethyl adjacent to an activating group) is 1. The molecule has 2 aliphatic rings. The van der Waals surface area contributed by atoms with Gasteiger partial charge in [-0.3, -0.25) is 14.6 Å². The molecule has 1 unspecified atom stereocenters. The largest absolute Gasteiger partial charge is 0.357 e. The summed E-state index contributed by atoms with van der Waals surface area (Å²) in [4.78, 5) is 12.4. The molecule has 0 bridgehead atoms. The summed E-state index contributed by atoms with van der Waals surface area (Å²) >= 11 is 0. The molecule has 154 valence electrons. The van der Waals surface area contributed by atoms with E-state index in [1.807, 2.05) is 17.9 Å². The number of likely N-dealkylation sites (tertiary alicyclic amines) is 1. The SMILES string of the molecule is CCNC(=NCCN1CCN(CC)CC1)N1CCC(c2cnn(C)c2)C1.I. The van der Waals surface area contributed by atoms with Gasteiger partial charge in [0.15, 0.2) is 5.96 Å². The van der Waals surface area contributed by atoms with Crippen LogP contribution in [0.25, 0.3) is 0 Å². The number of nitrogens with one attached hydrogen (secondary N) is 1. The topological polar surface area (TPSA) is 51.9 Å². The van der Waals surface area contributed by atoms with E-state index in [0.29, 0.717) is 5.92 Å². The molecular weight excluding hydrogens is 453 g/mol. The van der Waals surface area contributed by atoms with Crippen molar-refractivity contribution in [2.45, 2.75) is 26.2 Å². The van der Waals surface area contributed by atoms with E-state index in [2.05, 4.69) is 45.2 Å². The first-order valence-corrected chi connectivity index (χ1v) is 10.2. The first-order chi connectivity index (χ1) is 12.7. The zero-order valence-corrected chi connectivity index (χ0v) is 19.4. The van der Waals surface area contributed by atoms with E-state index < -0.39 is 0 Å². The number of nitrogens with zero attached hydrogens (tertiary/aromatic N) is 6. The Balaban J connectivity index is 0.00000261. The van der Waals surface area contributed by atoms with Crippen molar-refractivity contribution in [3.8, 4) is 0 Å². The number of rotatable bonds is 6. The standard InChI is InChI=1S/C19H35N7.HI/c1-4-20-19(21-7-9-25-12-10-24(5-2)11-13-25)26-8-6-17(16-26)18-14-22-23(3)15-18;/h14-15,17H,4-13,16H2,1-3H3,(H,20,21);1H. The molecule has 3 rings (SSSR count). The summed E-state index contributed by atoms with van der Waals surface area (Å²) < 4.78 is 1.90. The van der Waals surface area contributed by atoms with Gasteiger partial charge in [-0.05, 0) is 25.5 Å². The maximum atomic E-state index is 4.92. The molecule has 3 heterocycles. The predicted octanol–water partition coefficient (Wildman–Crippen LogP) is 1.43. The molecule has 27 heavy (non-hydrogen) atoms. The van der Waals surface area contributed by atoms with Gasteiger partial charge in [0.2, 0.25) is 0 Å². The molecule has 1 N–H and O–H groups in total. The second-order valence-electron chi connectivity index (χ2n) is 7.39. The number of aliphatic imine (C=N–C) groups is 1. The van der Waals surface area contributed by atoms with Crippen LogP contribution in [-0.4, -0.2) is 95.9 Å². The highest BCUT2D eigenvalue weighted by Crippen LogP contribution is 2.26. The molecule has 1 aromatic heterocycles. The first-order valence-electron chi connectivity index (χ1n) is 10.2. The van der Waals surface area contributed by atoms with E-state index in [1.54, 1.807) is 0 Å². The maximum absolute atomic E-state index is 4.92. The Hall–Kier alpha value is -0.870. The van der Waals surface area contributed by atoms with E-state index in [9.17, 15) is 0 Å². The van der Waals surface area contributed by atoms with Crippen LogP contribution in [-0.2, 0) is 7.05 Å². The molecule has 0 radical (unpaired) electrons. The van der Waals surface area contributed by atoms with Crippen molar-refractivity contribution < 1.29 is 0 Å². The van der Waals surface area contributed by atoms with Crippen molar-refractivity contribution in [3.63, 3.8) is 0 Å². The van der Waals surface area contributed by atoms with E-state index in [4.69, 9.17) is 4.99 Å². The lowest BCUT2D eigenvalue weighted by molar-refractivity contribution is 0.140. The number of aryl methyl sites for hydroxylation is 1. The van der Waals surface area contributed by atoms with E-state index in [-0.39, 0.29) is 24.0 Å². The Morgan fingerprint density at radius 3 is 2.56 bits per heavy atom. The Morgan fingerprint density at radius 1 is 1.19 bits per heavy atom. The van der Waals surface area contributed by atoms with Crippen molar-refractivity contribution in [2.75, 3.05) is 65.4 Å². The molecule has 2 fully saturated rings. The fraction of sp³-hybridized carbons (Fsp3) is 0.789. The average molecular weight is 489 g/mol. The minimum Gasteiger partial charge on any atom is -0.357 e. The molecule has 0 amide bonds. The van der Waals surface area contributed by atoms with Gasteiger partial charge in [-0.1, -0.05) is 6.92 Å². The van der Waals surface area contributed by atoms with Gasteiger partial charge in [-0.25, -0.2) is 0 Å². The average Bonchev–Trinajstić information content (AvgIpc) is 3.30. The number of guanidine groups is 1. The summed E-state index contributed by atoms with van der Waals surface area (Å²) in [5.74, 6) is 1.64. The third-order valence-electron chi connectivity index (χ3n) is 5.61. The lowest BCUT2D eigenvalue weighted by Crippen LogP contribution is -2.47. The van der Waals surface area contributed by atoms with Crippen molar-refractivity contribution in [3.05, 3.63) is 18.0 Å². The van der Waals surface area contributed by atoms with Crippen LogP contribution < -0.4 is 5.32 Å². The van der Waals surface area contributed by atoms with E-state index >= 15 is 0 Å². The molecule has 0 saturated carbocycles. The third-order valence-corrected chi connectivity index (χ3v) is 5.61. The normalized spacial score (nSPS) is 22.1. The van der Waals surface area contributed by atoms with Gasteiger partial charge in [-0.2, -0.15) is 5.10 Å². The predicted molar refractivity (Wildman–Crippen MR) is 122 cm³/mol. The zero-order chi connectivity index (χ0) is 18.4. The molecule has 8 heteroatoms. The van der Waals surface area contributed by atoms with Crippen molar-refractivity contribution in [1.82, 2.24) is 29.8 Å². The fourth-order valence-corrected chi connectivity index (χ4v) is 3.93. The third kappa shape index (κ3) is 6.32. The van der Waals surface area contributed by atoms with Crippen LogP contribution in [0.5, 0.6) is 0 Å². The van der Waals surface area contributed by atoms with Gasteiger partial charge in [0.25, 0.3) is 0 Å². The Labute approximate surface area is 181 Å². The number of hydrogen-bond donors (Lipinski definition) is 1. The number of aromatic nitrogens is 2. The van der Waals surface area contributed by atoms with Gasteiger partial charge >= 0.3 is 0 Å². The smallest absolute Gasteiger partial charge is 0.193 e. The lowest BCUT2D eigenvalue weighted by Gasteiger charge is -2.33. The molecule has 1 atom stereocenters. The Morgan fingerprint density at radius 2 is 1.93 bits per heavy atom. The van der Waals surface area contributed by atoms with Crippen LogP contribution in [0.15, 0.2) is 17.4 Å². The van der Waals surface area contributed by atoms with Crippen molar-refractivity contribution in [2.24, 2.45) is 12.0 Å². The second-order valence-corrected chi connectivity index (χ2v) is 7.39. The quantitative estimate of drug-likeness (QED) is 0.373. The minimum absolute atomic E-state index is 0. The summed E-state index contributed by atoms with van der Waals surface area (Å²) in [5.41, 5.74) is 1.35. The molecule has 0 aliphatic carbocycles. The minimum atomic E-state index is 0. The molecule has 2 saturated heterocycles. The molecule has 1 aromatic rings. The number of hydrogen-bond acceptors (Lipinski definition) is 4. The molecule has 0 aromatic carbocycles. The van der Waals surface area contributed by atoms with Crippen LogP contribution >= 0.6 is 24.0 Å². The molecule has 7 nitrogen and oxygen atoms in total. The van der Waals surface area contributed by atoms with E-state index in [0.717, 1.165) is 38.7 Å². The van der Waals surface area contributed by atoms with Crippen LogP contribution in [0.2, 0.25) is 0 Å². The summed E-state index contributed by atoms with van der Waals surface area (Å²) in [6.45, 7) is 15.3. The van der Waals surface area contributed by atoms with Gasteiger partial charge in [0, 0.05) is 71.5 Å². The number of halogens is 1. The summed E-state index contributed by atoms with van der Waals surface area (Å²) in [6, 6.07) is 0. The van der Waals surface area contributed by atoms with Crippen LogP contribution in [0.3, 0.4) is 0 Å². The fourth-order valence-electron chi connectivity index (χ4n) is 3.93. The summed E-state index contributed by atoms with van der Waals surface area (Å²) in [7, 11) is 1.99. The highest BCUT2D eigenvalue weighted by atomic mass is 127. The Kier molecular flexibility index (Phi) is 9.31.